The SMILES string of the molecule is CC(C)c1ncc(Cl)c(C(=O)NCC2=CCNCC2)n1. The fourth-order valence-electron chi connectivity index (χ4n) is 1.93. The molecule has 0 spiro atoms. The maximum absolute atomic E-state index is 12.2. The summed E-state index contributed by atoms with van der Waals surface area (Å²) in [6.45, 7) is 6.30. The number of amides is 1. The summed E-state index contributed by atoms with van der Waals surface area (Å²) in [5, 5.41) is 6.38. The van der Waals surface area contributed by atoms with Crippen LogP contribution in [0.1, 0.15) is 42.5 Å². The van der Waals surface area contributed by atoms with Crippen molar-refractivity contribution in [1.29, 1.82) is 0 Å². The molecule has 1 aromatic rings. The average Bonchev–Trinajstić information content (AvgIpc) is 2.46. The Bertz CT molecular complexity index is 528. The molecule has 0 bridgehead atoms. The van der Waals surface area contributed by atoms with Crippen LogP contribution in [0.2, 0.25) is 5.02 Å². The van der Waals surface area contributed by atoms with Crippen LogP contribution >= 0.6 is 11.6 Å². The van der Waals surface area contributed by atoms with Crippen LogP contribution in [0.25, 0.3) is 0 Å². The van der Waals surface area contributed by atoms with E-state index in [-0.39, 0.29) is 22.5 Å². The monoisotopic (exact) mass is 294 g/mol. The van der Waals surface area contributed by atoms with Gasteiger partial charge >= 0.3 is 0 Å². The van der Waals surface area contributed by atoms with Gasteiger partial charge in [-0.3, -0.25) is 4.79 Å². The Balaban J connectivity index is 2.04. The molecule has 2 N–H and O–H groups in total. The number of aromatic nitrogens is 2. The van der Waals surface area contributed by atoms with Gasteiger partial charge in [0, 0.05) is 19.0 Å². The second-order valence-corrected chi connectivity index (χ2v) is 5.49. The molecule has 1 aliphatic heterocycles. The van der Waals surface area contributed by atoms with E-state index in [1.165, 1.54) is 11.8 Å². The third-order valence-corrected chi connectivity index (χ3v) is 3.40. The maximum atomic E-state index is 12.2. The number of nitrogens with one attached hydrogen (secondary N) is 2. The molecule has 2 rings (SSSR count). The fraction of sp³-hybridized carbons (Fsp3) is 0.500. The summed E-state index contributed by atoms with van der Waals surface area (Å²) < 4.78 is 0. The molecule has 5 nitrogen and oxygen atoms in total. The standard InChI is InChI=1S/C14H19ClN4O/c1-9(2)13-17-8-11(15)12(19-13)14(20)18-7-10-3-5-16-6-4-10/h3,8-9,16H,4-7H2,1-2H3,(H,18,20). The van der Waals surface area contributed by atoms with Crippen LogP contribution in [0.15, 0.2) is 17.8 Å². The van der Waals surface area contributed by atoms with E-state index in [0.717, 1.165) is 19.5 Å². The third-order valence-electron chi connectivity index (χ3n) is 3.13. The molecule has 1 aliphatic rings. The lowest BCUT2D eigenvalue weighted by atomic mass is 10.1. The summed E-state index contributed by atoms with van der Waals surface area (Å²) in [6.07, 6.45) is 4.54. The van der Waals surface area contributed by atoms with Crippen molar-refractivity contribution in [2.45, 2.75) is 26.2 Å². The van der Waals surface area contributed by atoms with Crippen molar-refractivity contribution in [3.05, 3.63) is 34.4 Å². The molecular formula is C14H19ClN4O. The summed E-state index contributed by atoms with van der Waals surface area (Å²) in [7, 11) is 0. The van der Waals surface area contributed by atoms with Crippen molar-refractivity contribution >= 4 is 17.5 Å². The molecule has 1 amide bonds. The first-order chi connectivity index (χ1) is 9.58. The highest BCUT2D eigenvalue weighted by atomic mass is 35.5. The van der Waals surface area contributed by atoms with E-state index < -0.39 is 0 Å². The van der Waals surface area contributed by atoms with Gasteiger partial charge in [0.05, 0.1) is 11.2 Å². The Kier molecular flexibility index (Phi) is 5.09. The van der Waals surface area contributed by atoms with Crippen LogP contribution in [0.3, 0.4) is 0 Å². The number of carbonyl (C=O) groups is 1. The summed E-state index contributed by atoms with van der Waals surface area (Å²) in [6, 6.07) is 0. The van der Waals surface area contributed by atoms with Crippen molar-refractivity contribution in [1.82, 2.24) is 20.6 Å². The Morgan fingerprint density at radius 1 is 1.55 bits per heavy atom. The van der Waals surface area contributed by atoms with E-state index in [1.54, 1.807) is 0 Å². The topological polar surface area (TPSA) is 66.9 Å². The highest BCUT2D eigenvalue weighted by molar-refractivity contribution is 6.33. The number of nitrogens with zero attached hydrogens (tertiary/aromatic N) is 2. The molecule has 2 heterocycles. The van der Waals surface area contributed by atoms with Crippen LogP contribution in [0.4, 0.5) is 0 Å². The first kappa shape index (κ1) is 14.9. The van der Waals surface area contributed by atoms with Crippen molar-refractivity contribution in [2.24, 2.45) is 0 Å². The zero-order chi connectivity index (χ0) is 14.5. The maximum Gasteiger partial charge on any atom is 0.271 e. The molecule has 108 valence electrons. The number of hydrogen-bond acceptors (Lipinski definition) is 4. The molecule has 0 aliphatic carbocycles. The van der Waals surface area contributed by atoms with E-state index >= 15 is 0 Å². The Labute approximate surface area is 123 Å². The van der Waals surface area contributed by atoms with Gasteiger partial charge in [-0.15, -0.1) is 0 Å². The molecule has 6 heteroatoms. The summed E-state index contributed by atoms with van der Waals surface area (Å²) in [4.78, 5) is 20.5. The van der Waals surface area contributed by atoms with Gasteiger partial charge in [0.15, 0.2) is 0 Å². The van der Waals surface area contributed by atoms with Gasteiger partial charge in [0.1, 0.15) is 11.5 Å². The lowest BCUT2D eigenvalue weighted by Gasteiger charge is -2.15. The van der Waals surface area contributed by atoms with Crippen molar-refractivity contribution in [3.63, 3.8) is 0 Å². The molecule has 0 aromatic carbocycles. The number of hydrogen-bond donors (Lipinski definition) is 2. The van der Waals surface area contributed by atoms with E-state index in [0.29, 0.717) is 12.4 Å². The lowest BCUT2D eigenvalue weighted by molar-refractivity contribution is 0.0951. The Hall–Kier alpha value is -1.46. The van der Waals surface area contributed by atoms with Gasteiger partial charge in [-0.25, -0.2) is 9.97 Å². The first-order valence-corrected chi connectivity index (χ1v) is 7.15. The van der Waals surface area contributed by atoms with Crippen LogP contribution < -0.4 is 10.6 Å². The van der Waals surface area contributed by atoms with Gasteiger partial charge in [-0.05, 0) is 13.0 Å². The minimum Gasteiger partial charge on any atom is -0.347 e. The van der Waals surface area contributed by atoms with Gasteiger partial charge in [0.25, 0.3) is 5.91 Å². The largest absolute Gasteiger partial charge is 0.347 e. The Morgan fingerprint density at radius 3 is 3.00 bits per heavy atom. The zero-order valence-corrected chi connectivity index (χ0v) is 12.5. The minimum absolute atomic E-state index is 0.158. The molecule has 20 heavy (non-hydrogen) atoms. The molecular weight excluding hydrogens is 276 g/mol. The number of carbonyl (C=O) groups excluding carboxylic acids is 1. The average molecular weight is 295 g/mol. The molecule has 0 unspecified atom stereocenters. The number of halogens is 1. The fourth-order valence-corrected chi connectivity index (χ4v) is 2.10. The quantitative estimate of drug-likeness (QED) is 0.833. The Morgan fingerprint density at radius 2 is 2.35 bits per heavy atom. The molecule has 0 radical (unpaired) electrons. The van der Waals surface area contributed by atoms with Gasteiger partial charge in [-0.2, -0.15) is 0 Å². The predicted molar refractivity (Wildman–Crippen MR) is 79.0 cm³/mol. The normalized spacial score (nSPS) is 15.1. The molecule has 1 aromatic heterocycles. The molecule has 0 atom stereocenters. The summed E-state index contributed by atoms with van der Waals surface area (Å²) >= 11 is 6.01. The van der Waals surface area contributed by atoms with Crippen LogP contribution in [-0.2, 0) is 0 Å². The second kappa shape index (κ2) is 6.81. The highest BCUT2D eigenvalue weighted by Crippen LogP contribution is 2.16. The highest BCUT2D eigenvalue weighted by Gasteiger charge is 2.15. The first-order valence-electron chi connectivity index (χ1n) is 6.77. The smallest absolute Gasteiger partial charge is 0.271 e. The molecule has 0 saturated heterocycles. The second-order valence-electron chi connectivity index (χ2n) is 5.08. The van der Waals surface area contributed by atoms with Gasteiger partial charge < -0.3 is 10.6 Å². The summed E-state index contributed by atoms with van der Waals surface area (Å²) in [5.41, 5.74) is 1.48. The molecule has 0 saturated carbocycles. The van der Waals surface area contributed by atoms with Crippen LogP contribution in [0.5, 0.6) is 0 Å². The van der Waals surface area contributed by atoms with Crippen molar-refractivity contribution < 1.29 is 4.79 Å². The van der Waals surface area contributed by atoms with Gasteiger partial charge in [0.2, 0.25) is 0 Å². The zero-order valence-electron chi connectivity index (χ0n) is 11.7. The van der Waals surface area contributed by atoms with E-state index in [1.807, 2.05) is 13.8 Å². The van der Waals surface area contributed by atoms with Crippen molar-refractivity contribution in [2.75, 3.05) is 19.6 Å². The third kappa shape index (κ3) is 3.77. The molecule has 0 fully saturated rings. The van der Waals surface area contributed by atoms with Crippen LogP contribution in [-0.4, -0.2) is 35.5 Å². The minimum atomic E-state index is -0.251. The summed E-state index contributed by atoms with van der Waals surface area (Å²) in [5.74, 6) is 0.533. The number of rotatable bonds is 4. The van der Waals surface area contributed by atoms with Crippen LogP contribution in [0, 0.1) is 0 Å². The van der Waals surface area contributed by atoms with E-state index in [4.69, 9.17) is 11.6 Å². The lowest BCUT2D eigenvalue weighted by Crippen LogP contribution is -2.30. The van der Waals surface area contributed by atoms with Crippen molar-refractivity contribution in [3.8, 4) is 0 Å². The predicted octanol–water partition coefficient (Wildman–Crippen LogP) is 1.90. The van der Waals surface area contributed by atoms with E-state index in [9.17, 15) is 4.79 Å². The van der Waals surface area contributed by atoms with E-state index in [2.05, 4.69) is 26.7 Å². The van der Waals surface area contributed by atoms with Gasteiger partial charge in [-0.1, -0.05) is 37.1 Å².